The van der Waals surface area contributed by atoms with E-state index in [2.05, 4.69) is 10.6 Å². The van der Waals surface area contributed by atoms with Crippen LogP contribution in [-0.2, 0) is 24.4 Å². The molecule has 0 bridgehead atoms. The molecule has 0 unspecified atom stereocenters. The summed E-state index contributed by atoms with van der Waals surface area (Å²) < 4.78 is 5.83. The second-order valence-corrected chi connectivity index (χ2v) is 8.22. The molecule has 0 saturated heterocycles. The molecule has 4 aromatic carbocycles. The number of hydrogen-bond donors (Lipinski definition) is 2. The van der Waals surface area contributed by atoms with Gasteiger partial charge in [-0.1, -0.05) is 78.9 Å². The van der Waals surface area contributed by atoms with Crippen molar-refractivity contribution in [2.45, 2.75) is 26.0 Å². The van der Waals surface area contributed by atoms with Crippen LogP contribution in [-0.4, -0.2) is 11.8 Å². The lowest BCUT2D eigenvalue weighted by Gasteiger charge is -2.10. The number of carbonyl (C=O) groups is 2. The van der Waals surface area contributed by atoms with Crippen LogP contribution in [0.3, 0.4) is 0 Å². The Morgan fingerprint density at radius 2 is 1.37 bits per heavy atom. The van der Waals surface area contributed by atoms with E-state index >= 15 is 0 Å². The summed E-state index contributed by atoms with van der Waals surface area (Å²) in [6, 6.07) is 34.5. The van der Waals surface area contributed by atoms with Crippen LogP contribution in [0, 0.1) is 0 Å². The number of benzene rings is 4. The zero-order valence-electron chi connectivity index (χ0n) is 19.4. The van der Waals surface area contributed by atoms with E-state index in [9.17, 15) is 9.59 Å². The van der Waals surface area contributed by atoms with Gasteiger partial charge in [-0.25, -0.2) is 0 Å². The summed E-state index contributed by atoms with van der Waals surface area (Å²) >= 11 is 0. The molecule has 0 heterocycles. The quantitative estimate of drug-likeness (QED) is 0.313. The predicted molar refractivity (Wildman–Crippen MR) is 138 cm³/mol. The van der Waals surface area contributed by atoms with Crippen LogP contribution in [0.15, 0.2) is 109 Å². The maximum absolute atomic E-state index is 12.7. The first-order chi connectivity index (χ1) is 17.2. The molecule has 5 heteroatoms. The summed E-state index contributed by atoms with van der Waals surface area (Å²) in [5, 5.41) is 5.87. The van der Waals surface area contributed by atoms with Gasteiger partial charge in [-0.2, -0.15) is 0 Å². The molecule has 2 amide bonds. The Balaban J connectivity index is 1.27. The molecule has 176 valence electrons. The summed E-state index contributed by atoms with van der Waals surface area (Å²) in [5.41, 5.74) is 4.34. The van der Waals surface area contributed by atoms with Gasteiger partial charge in [0.1, 0.15) is 12.4 Å². The summed E-state index contributed by atoms with van der Waals surface area (Å²) in [4.78, 5) is 25.0. The van der Waals surface area contributed by atoms with Crippen molar-refractivity contribution in [2.24, 2.45) is 0 Å². The number of aryl methyl sites for hydroxylation is 1. The standard InChI is InChI=1S/C30H28N2O3/c33-29(18-17-23-9-3-1-4-10-23)32-27-15-7-13-25(19-27)21-31-30(34)26-14-8-16-28(20-26)35-22-24-11-5-2-6-12-24/h1-16,19-20H,17-18,21-22H2,(H,31,34)(H,32,33). The average Bonchev–Trinajstić information content (AvgIpc) is 2.91. The van der Waals surface area contributed by atoms with Crippen molar-refractivity contribution in [1.29, 1.82) is 0 Å². The van der Waals surface area contributed by atoms with E-state index in [1.165, 1.54) is 0 Å². The molecule has 2 N–H and O–H groups in total. The van der Waals surface area contributed by atoms with Gasteiger partial charge in [0, 0.05) is 24.2 Å². The van der Waals surface area contributed by atoms with Crippen molar-refractivity contribution in [3.63, 3.8) is 0 Å². The number of rotatable bonds is 10. The molecule has 0 aromatic heterocycles. The Labute approximate surface area is 205 Å². The molecule has 0 atom stereocenters. The lowest BCUT2D eigenvalue weighted by atomic mass is 10.1. The predicted octanol–water partition coefficient (Wildman–Crippen LogP) is 5.77. The Morgan fingerprint density at radius 1 is 0.686 bits per heavy atom. The van der Waals surface area contributed by atoms with Crippen LogP contribution < -0.4 is 15.4 Å². The average molecular weight is 465 g/mol. The topological polar surface area (TPSA) is 67.4 Å². The third kappa shape index (κ3) is 7.57. The number of anilines is 1. The number of ether oxygens (including phenoxy) is 1. The SMILES string of the molecule is O=C(CCc1ccccc1)Nc1cccc(CNC(=O)c2cccc(OCc3ccccc3)c2)c1. The van der Waals surface area contributed by atoms with E-state index in [1.807, 2.05) is 91.0 Å². The van der Waals surface area contributed by atoms with Gasteiger partial charge in [-0.15, -0.1) is 0 Å². The Morgan fingerprint density at radius 3 is 2.14 bits per heavy atom. The third-order valence-corrected chi connectivity index (χ3v) is 5.49. The van der Waals surface area contributed by atoms with Crippen molar-refractivity contribution in [1.82, 2.24) is 5.32 Å². The number of amides is 2. The van der Waals surface area contributed by atoms with Gasteiger partial charge in [-0.3, -0.25) is 9.59 Å². The first-order valence-corrected chi connectivity index (χ1v) is 11.6. The maximum Gasteiger partial charge on any atom is 0.251 e. The van der Waals surface area contributed by atoms with E-state index in [0.717, 1.165) is 16.7 Å². The van der Waals surface area contributed by atoms with Crippen LogP contribution in [0.25, 0.3) is 0 Å². The molecule has 0 aliphatic heterocycles. The highest BCUT2D eigenvalue weighted by molar-refractivity contribution is 5.94. The third-order valence-electron chi connectivity index (χ3n) is 5.49. The van der Waals surface area contributed by atoms with E-state index in [-0.39, 0.29) is 11.8 Å². The van der Waals surface area contributed by atoms with Crippen LogP contribution in [0.1, 0.15) is 33.5 Å². The van der Waals surface area contributed by atoms with Crippen LogP contribution >= 0.6 is 0 Å². The molecule has 0 radical (unpaired) electrons. The smallest absolute Gasteiger partial charge is 0.251 e. The highest BCUT2D eigenvalue weighted by Crippen LogP contribution is 2.16. The molecule has 0 aliphatic rings. The Kier molecular flexibility index (Phi) is 8.28. The second kappa shape index (κ2) is 12.2. The van der Waals surface area contributed by atoms with Gasteiger partial charge < -0.3 is 15.4 Å². The van der Waals surface area contributed by atoms with E-state index in [0.29, 0.717) is 43.0 Å². The summed E-state index contributed by atoms with van der Waals surface area (Å²) in [7, 11) is 0. The van der Waals surface area contributed by atoms with E-state index in [4.69, 9.17) is 4.74 Å². The van der Waals surface area contributed by atoms with Gasteiger partial charge in [0.25, 0.3) is 5.91 Å². The molecule has 5 nitrogen and oxygen atoms in total. The van der Waals surface area contributed by atoms with Crippen LogP contribution in [0.4, 0.5) is 5.69 Å². The monoisotopic (exact) mass is 464 g/mol. The first kappa shape index (κ1) is 23.8. The van der Waals surface area contributed by atoms with Crippen molar-refractivity contribution < 1.29 is 14.3 Å². The van der Waals surface area contributed by atoms with Gasteiger partial charge in [0.15, 0.2) is 0 Å². The molecule has 0 fully saturated rings. The van der Waals surface area contributed by atoms with E-state index in [1.54, 1.807) is 18.2 Å². The van der Waals surface area contributed by atoms with Crippen molar-refractivity contribution in [2.75, 3.05) is 5.32 Å². The van der Waals surface area contributed by atoms with Crippen molar-refractivity contribution in [3.05, 3.63) is 131 Å². The zero-order valence-corrected chi connectivity index (χ0v) is 19.4. The number of hydrogen-bond acceptors (Lipinski definition) is 3. The zero-order chi connectivity index (χ0) is 24.3. The van der Waals surface area contributed by atoms with Gasteiger partial charge >= 0.3 is 0 Å². The van der Waals surface area contributed by atoms with E-state index < -0.39 is 0 Å². The molecular weight excluding hydrogens is 436 g/mol. The van der Waals surface area contributed by atoms with Gasteiger partial charge in [0.05, 0.1) is 0 Å². The minimum atomic E-state index is -0.188. The summed E-state index contributed by atoms with van der Waals surface area (Å²) in [6.07, 6.45) is 1.10. The number of nitrogens with one attached hydrogen (secondary N) is 2. The fourth-order valence-corrected chi connectivity index (χ4v) is 3.64. The lowest BCUT2D eigenvalue weighted by Crippen LogP contribution is -2.23. The Hall–Kier alpha value is -4.38. The molecular formula is C30H28N2O3. The minimum absolute atomic E-state index is 0.0395. The molecule has 0 saturated carbocycles. The van der Waals surface area contributed by atoms with Gasteiger partial charge in [-0.05, 0) is 53.4 Å². The van der Waals surface area contributed by atoms with Crippen molar-refractivity contribution in [3.8, 4) is 5.75 Å². The summed E-state index contributed by atoms with van der Waals surface area (Å²) in [5.74, 6) is 0.413. The van der Waals surface area contributed by atoms with Crippen LogP contribution in [0.5, 0.6) is 5.75 Å². The molecule has 4 rings (SSSR count). The fourth-order valence-electron chi connectivity index (χ4n) is 3.64. The Bertz CT molecular complexity index is 1260. The van der Waals surface area contributed by atoms with Crippen LogP contribution in [0.2, 0.25) is 0 Å². The first-order valence-electron chi connectivity index (χ1n) is 11.6. The van der Waals surface area contributed by atoms with Crippen molar-refractivity contribution >= 4 is 17.5 Å². The molecule has 0 aliphatic carbocycles. The lowest BCUT2D eigenvalue weighted by molar-refractivity contribution is -0.116. The second-order valence-electron chi connectivity index (χ2n) is 8.22. The maximum atomic E-state index is 12.7. The minimum Gasteiger partial charge on any atom is -0.489 e. The number of carbonyl (C=O) groups excluding carboxylic acids is 2. The highest BCUT2D eigenvalue weighted by Gasteiger charge is 2.08. The molecule has 4 aromatic rings. The fraction of sp³-hybridized carbons (Fsp3) is 0.133. The summed E-state index contributed by atoms with van der Waals surface area (Å²) in [6.45, 7) is 0.789. The van der Waals surface area contributed by atoms with Gasteiger partial charge in [0.2, 0.25) is 5.91 Å². The largest absolute Gasteiger partial charge is 0.489 e. The highest BCUT2D eigenvalue weighted by atomic mass is 16.5. The molecule has 0 spiro atoms. The normalized spacial score (nSPS) is 10.4. The molecule has 35 heavy (non-hydrogen) atoms.